The molecule has 26 heavy (non-hydrogen) atoms. The largest absolute Gasteiger partial charge is 0.360 e. The Kier molecular flexibility index (Phi) is 4.82. The topological polar surface area (TPSA) is 67.1 Å². The first-order chi connectivity index (χ1) is 12.8. The first-order valence-corrected chi connectivity index (χ1v) is 9.18. The third-order valence-electron chi connectivity index (χ3n) is 4.56. The molecule has 6 heteroatoms. The standard InChI is InChI=1S/C20H23N5O/c1-15-13-18(24-26-15)21-17-14-19(25-11-7-2-3-8-12-25)23-20(22-17)16-9-5-4-6-10-16/h4-6,9-10,13-14H,2-3,7-8,11-12H2,1H3,(H,21,22,23,24). The van der Waals surface area contributed by atoms with Crippen LogP contribution in [0.4, 0.5) is 17.5 Å². The third-order valence-corrected chi connectivity index (χ3v) is 4.56. The number of rotatable bonds is 4. The molecule has 0 bridgehead atoms. The number of nitrogens with one attached hydrogen (secondary N) is 1. The van der Waals surface area contributed by atoms with E-state index >= 15 is 0 Å². The highest BCUT2D eigenvalue weighted by atomic mass is 16.5. The van der Waals surface area contributed by atoms with Gasteiger partial charge in [-0.1, -0.05) is 48.3 Å². The highest BCUT2D eigenvalue weighted by Crippen LogP contribution is 2.26. The molecule has 3 heterocycles. The Balaban J connectivity index is 1.71. The van der Waals surface area contributed by atoms with E-state index < -0.39 is 0 Å². The minimum atomic E-state index is 0.655. The summed E-state index contributed by atoms with van der Waals surface area (Å²) in [5.41, 5.74) is 1.00. The van der Waals surface area contributed by atoms with Crippen molar-refractivity contribution in [1.82, 2.24) is 15.1 Å². The van der Waals surface area contributed by atoms with Gasteiger partial charge >= 0.3 is 0 Å². The van der Waals surface area contributed by atoms with Gasteiger partial charge in [-0.15, -0.1) is 0 Å². The van der Waals surface area contributed by atoms with Crippen molar-refractivity contribution in [3.8, 4) is 11.4 Å². The van der Waals surface area contributed by atoms with Crippen LogP contribution in [0.2, 0.25) is 0 Å². The fourth-order valence-corrected chi connectivity index (χ4v) is 3.23. The highest BCUT2D eigenvalue weighted by molar-refractivity contribution is 5.64. The summed E-state index contributed by atoms with van der Waals surface area (Å²) in [4.78, 5) is 11.9. The Morgan fingerprint density at radius 2 is 1.69 bits per heavy atom. The Hall–Kier alpha value is -2.89. The van der Waals surface area contributed by atoms with E-state index in [9.17, 15) is 0 Å². The molecule has 1 aromatic carbocycles. The monoisotopic (exact) mass is 349 g/mol. The van der Waals surface area contributed by atoms with Crippen LogP contribution in [0.5, 0.6) is 0 Å². The van der Waals surface area contributed by atoms with Gasteiger partial charge in [-0.25, -0.2) is 9.97 Å². The molecule has 0 atom stereocenters. The van der Waals surface area contributed by atoms with Crippen molar-refractivity contribution in [3.05, 3.63) is 48.2 Å². The Labute approximate surface area is 153 Å². The predicted octanol–water partition coefficient (Wildman–Crippen LogP) is 4.56. The van der Waals surface area contributed by atoms with Crippen molar-refractivity contribution >= 4 is 17.5 Å². The fourth-order valence-electron chi connectivity index (χ4n) is 3.23. The minimum Gasteiger partial charge on any atom is -0.360 e. The summed E-state index contributed by atoms with van der Waals surface area (Å²) >= 11 is 0. The highest BCUT2D eigenvalue weighted by Gasteiger charge is 2.15. The van der Waals surface area contributed by atoms with E-state index in [2.05, 4.69) is 15.4 Å². The lowest BCUT2D eigenvalue weighted by molar-refractivity contribution is 0.400. The van der Waals surface area contributed by atoms with Gasteiger partial charge in [0.1, 0.15) is 17.4 Å². The summed E-state index contributed by atoms with van der Waals surface area (Å²) in [5, 5.41) is 7.26. The number of benzene rings is 1. The van der Waals surface area contributed by atoms with Crippen molar-refractivity contribution in [3.63, 3.8) is 0 Å². The molecule has 0 saturated carbocycles. The molecule has 1 aliphatic rings. The molecule has 1 saturated heterocycles. The molecule has 1 N–H and O–H groups in total. The average Bonchev–Trinajstić information content (AvgIpc) is 2.91. The molecule has 134 valence electrons. The van der Waals surface area contributed by atoms with E-state index in [1.165, 1.54) is 25.7 Å². The van der Waals surface area contributed by atoms with Gasteiger partial charge in [0.15, 0.2) is 11.6 Å². The van der Waals surface area contributed by atoms with Crippen molar-refractivity contribution in [2.75, 3.05) is 23.3 Å². The van der Waals surface area contributed by atoms with E-state index in [0.717, 1.165) is 41.9 Å². The van der Waals surface area contributed by atoms with Crippen molar-refractivity contribution in [1.29, 1.82) is 0 Å². The Morgan fingerprint density at radius 3 is 2.38 bits per heavy atom. The maximum atomic E-state index is 5.15. The van der Waals surface area contributed by atoms with Crippen LogP contribution < -0.4 is 10.2 Å². The van der Waals surface area contributed by atoms with Gasteiger partial charge in [-0.3, -0.25) is 0 Å². The smallest absolute Gasteiger partial charge is 0.175 e. The summed E-state index contributed by atoms with van der Waals surface area (Å²) in [7, 11) is 0. The molecule has 4 rings (SSSR count). The zero-order chi connectivity index (χ0) is 17.8. The van der Waals surface area contributed by atoms with Crippen LogP contribution in [0.15, 0.2) is 47.0 Å². The second kappa shape index (κ2) is 7.56. The second-order valence-electron chi connectivity index (χ2n) is 6.65. The zero-order valence-electron chi connectivity index (χ0n) is 15.0. The van der Waals surface area contributed by atoms with Gasteiger partial charge in [0.2, 0.25) is 0 Å². The van der Waals surface area contributed by atoms with Gasteiger partial charge in [-0.2, -0.15) is 0 Å². The number of aromatic nitrogens is 3. The molecule has 0 amide bonds. The van der Waals surface area contributed by atoms with Gasteiger partial charge in [0.25, 0.3) is 0 Å². The van der Waals surface area contributed by atoms with Crippen LogP contribution in [-0.2, 0) is 0 Å². The molecule has 1 aliphatic heterocycles. The number of nitrogens with zero attached hydrogens (tertiary/aromatic N) is 4. The molecular formula is C20H23N5O. The van der Waals surface area contributed by atoms with Crippen LogP contribution in [0.25, 0.3) is 11.4 Å². The van der Waals surface area contributed by atoms with E-state index in [1.807, 2.05) is 49.4 Å². The minimum absolute atomic E-state index is 0.655. The van der Waals surface area contributed by atoms with E-state index in [-0.39, 0.29) is 0 Å². The lowest BCUT2D eigenvalue weighted by Gasteiger charge is -2.22. The van der Waals surface area contributed by atoms with Crippen LogP contribution in [0.1, 0.15) is 31.4 Å². The van der Waals surface area contributed by atoms with Crippen molar-refractivity contribution in [2.45, 2.75) is 32.6 Å². The van der Waals surface area contributed by atoms with Crippen molar-refractivity contribution in [2.24, 2.45) is 0 Å². The number of anilines is 3. The molecule has 6 nitrogen and oxygen atoms in total. The zero-order valence-corrected chi connectivity index (χ0v) is 15.0. The summed E-state index contributed by atoms with van der Waals surface area (Å²) in [6.45, 7) is 3.94. The summed E-state index contributed by atoms with van der Waals surface area (Å²) < 4.78 is 5.15. The summed E-state index contributed by atoms with van der Waals surface area (Å²) in [6.07, 6.45) is 4.98. The Bertz CT molecular complexity index is 854. The first kappa shape index (κ1) is 16.6. The van der Waals surface area contributed by atoms with E-state index in [0.29, 0.717) is 5.82 Å². The van der Waals surface area contributed by atoms with Gasteiger partial charge in [-0.05, 0) is 19.8 Å². The van der Waals surface area contributed by atoms with Gasteiger partial charge in [0, 0.05) is 30.8 Å². The molecular weight excluding hydrogens is 326 g/mol. The number of hydrogen-bond donors (Lipinski definition) is 1. The quantitative estimate of drug-likeness (QED) is 0.744. The molecule has 0 aliphatic carbocycles. The molecule has 0 radical (unpaired) electrons. The molecule has 0 unspecified atom stereocenters. The molecule has 3 aromatic rings. The maximum absolute atomic E-state index is 5.15. The van der Waals surface area contributed by atoms with Crippen LogP contribution >= 0.6 is 0 Å². The maximum Gasteiger partial charge on any atom is 0.175 e. The fraction of sp³-hybridized carbons (Fsp3) is 0.350. The van der Waals surface area contributed by atoms with Crippen LogP contribution in [-0.4, -0.2) is 28.2 Å². The van der Waals surface area contributed by atoms with Crippen LogP contribution in [0, 0.1) is 6.92 Å². The number of hydrogen-bond acceptors (Lipinski definition) is 6. The SMILES string of the molecule is Cc1cc(Nc2cc(N3CCCCCC3)nc(-c3ccccc3)n2)no1. The molecule has 1 fully saturated rings. The Morgan fingerprint density at radius 1 is 0.923 bits per heavy atom. The third kappa shape index (κ3) is 3.85. The molecule has 0 spiro atoms. The summed E-state index contributed by atoms with van der Waals surface area (Å²) in [6, 6.07) is 13.9. The summed E-state index contributed by atoms with van der Waals surface area (Å²) in [5.74, 6) is 3.82. The number of aryl methyl sites for hydroxylation is 1. The lowest BCUT2D eigenvalue weighted by atomic mass is 10.2. The van der Waals surface area contributed by atoms with E-state index in [1.54, 1.807) is 0 Å². The van der Waals surface area contributed by atoms with Gasteiger partial charge < -0.3 is 14.7 Å². The predicted molar refractivity (Wildman–Crippen MR) is 103 cm³/mol. The normalized spacial score (nSPS) is 14.9. The molecule has 2 aromatic heterocycles. The van der Waals surface area contributed by atoms with Crippen molar-refractivity contribution < 1.29 is 4.52 Å². The lowest BCUT2D eigenvalue weighted by Crippen LogP contribution is -2.25. The van der Waals surface area contributed by atoms with Gasteiger partial charge in [0.05, 0.1) is 0 Å². The van der Waals surface area contributed by atoms with Crippen LogP contribution in [0.3, 0.4) is 0 Å². The second-order valence-corrected chi connectivity index (χ2v) is 6.65. The first-order valence-electron chi connectivity index (χ1n) is 9.18. The van der Waals surface area contributed by atoms with E-state index in [4.69, 9.17) is 14.5 Å². The average molecular weight is 349 g/mol.